The zero-order valence-electron chi connectivity index (χ0n) is 46.5. The highest BCUT2D eigenvalue weighted by atomic mass is 16.4. The summed E-state index contributed by atoms with van der Waals surface area (Å²) in [5, 5.41) is 120. The minimum atomic E-state index is -2.14. The van der Waals surface area contributed by atoms with Crippen LogP contribution in [-0.2, 0) is 9.59 Å². The summed E-state index contributed by atoms with van der Waals surface area (Å²) in [5.74, 6) is -3.34. The van der Waals surface area contributed by atoms with Gasteiger partial charge in [0.25, 0.3) is 23.6 Å². The molecule has 15 N–H and O–H groups in total. The molecule has 0 aliphatic carbocycles. The molecule has 6 atom stereocenters. The Morgan fingerprint density at radius 3 is 0.747 bits per heavy atom. The van der Waals surface area contributed by atoms with E-state index in [1.54, 1.807) is 0 Å². The number of nitrogens with one attached hydrogen (secondary N) is 4. The third kappa shape index (κ3) is 23.3. The highest BCUT2D eigenvalue weighted by molar-refractivity contribution is 6.08. The Hall–Kier alpha value is -5.18. The molecule has 0 spiro atoms. The molecular formula is C52H96N6O17. The van der Waals surface area contributed by atoms with Gasteiger partial charge < -0.3 is 87.2 Å². The number of hydrogen-bond acceptors (Lipinski definition) is 17. The van der Waals surface area contributed by atoms with E-state index in [-0.39, 0.29) is 87.3 Å². The van der Waals surface area contributed by atoms with Crippen LogP contribution in [0.1, 0.15) is 151 Å². The molecule has 0 aliphatic heterocycles. The average Bonchev–Trinajstić information content (AvgIpc) is 3.41. The molecule has 23 nitrogen and oxygen atoms in total. The molecule has 0 heterocycles. The van der Waals surface area contributed by atoms with E-state index in [1.807, 2.05) is 69.2 Å². The third-order valence-electron chi connectivity index (χ3n) is 10.5. The molecule has 2 rings (SSSR count). The van der Waals surface area contributed by atoms with Gasteiger partial charge in [-0.3, -0.25) is 28.8 Å². The maximum atomic E-state index is 13.5. The number of anilines is 2. The van der Waals surface area contributed by atoms with Gasteiger partial charge in [-0.25, -0.2) is 0 Å². The number of aliphatic hydroxyl groups excluding tert-OH is 11. The second-order valence-electron chi connectivity index (χ2n) is 15.3. The van der Waals surface area contributed by atoms with Gasteiger partial charge in [0.1, 0.15) is 18.3 Å². The summed E-state index contributed by atoms with van der Waals surface area (Å²) >= 11 is 0. The van der Waals surface area contributed by atoms with E-state index < -0.39 is 132 Å². The highest BCUT2D eigenvalue weighted by Gasteiger charge is 2.34. The number of carbonyl (C=O) groups is 6. The fourth-order valence-corrected chi connectivity index (χ4v) is 7.34. The van der Waals surface area contributed by atoms with Crippen molar-refractivity contribution in [2.75, 3.05) is 75.5 Å². The van der Waals surface area contributed by atoms with Crippen LogP contribution in [0.2, 0.25) is 0 Å². The van der Waals surface area contributed by atoms with Crippen molar-refractivity contribution in [1.82, 2.24) is 21.3 Å². The molecule has 0 fully saturated rings. The van der Waals surface area contributed by atoms with E-state index in [2.05, 4.69) is 21.3 Å². The van der Waals surface area contributed by atoms with Crippen LogP contribution in [0.15, 0.2) is 0 Å². The van der Waals surface area contributed by atoms with Crippen LogP contribution < -0.4 is 31.1 Å². The molecule has 436 valence electrons. The minimum Gasteiger partial charge on any atom is -0.394 e. The molecule has 0 radical (unpaired) electrons. The molecule has 0 bridgehead atoms. The summed E-state index contributed by atoms with van der Waals surface area (Å²) in [6.45, 7) is 22.5. The van der Waals surface area contributed by atoms with Crippen molar-refractivity contribution >= 4 is 47.8 Å². The first-order valence-corrected chi connectivity index (χ1v) is 25.1. The Labute approximate surface area is 445 Å². The Bertz CT molecular complexity index is 1750. The lowest BCUT2D eigenvalue weighted by molar-refractivity contribution is -0.108. The van der Waals surface area contributed by atoms with Gasteiger partial charge in [-0.05, 0) is 74.9 Å². The van der Waals surface area contributed by atoms with Gasteiger partial charge >= 0.3 is 0 Å². The van der Waals surface area contributed by atoms with Crippen molar-refractivity contribution in [3.05, 3.63) is 55.6 Å². The number of nitrogens with zero attached hydrogens (tertiary/aromatic N) is 2. The molecule has 6 amide bonds. The summed E-state index contributed by atoms with van der Waals surface area (Å²) in [7, 11) is 0. The predicted molar refractivity (Wildman–Crippen MR) is 291 cm³/mol. The van der Waals surface area contributed by atoms with E-state index >= 15 is 0 Å². The number of benzene rings is 2. The predicted octanol–water partition coefficient (Wildman–Crippen LogP) is 0.345. The first kappa shape index (κ1) is 78.7. The largest absolute Gasteiger partial charge is 0.394 e. The summed E-state index contributed by atoms with van der Waals surface area (Å²) in [6.07, 6.45) is -11.1. The van der Waals surface area contributed by atoms with Crippen LogP contribution in [0.25, 0.3) is 0 Å². The summed E-state index contributed by atoms with van der Waals surface area (Å²) in [4.78, 5) is 81.3. The van der Waals surface area contributed by atoms with Crippen molar-refractivity contribution in [2.45, 2.75) is 161 Å². The number of carbonyl (C=O) groups excluding carboxylic acids is 6. The van der Waals surface area contributed by atoms with E-state index in [0.717, 1.165) is 9.80 Å². The van der Waals surface area contributed by atoms with Gasteiger partial charge in [0.15, 0.2) is 0 Å². The first-order valence-electron chi connectivity index (χ1n) is 25.1. The summed E-state index contributed by atoms with van der Waals surface area (Å²) < 4.78 is 0. The molecule has 23 heteroatoms. The summed E-state index contributed by atoms with van der Waals surface area (Å²) in [6, 6.07) is 0. The van der Waals surface area contributed by atoms with E-state index in [1.165, 1.54) is 41.5 Å². The van der Waals surface area contributed by atoms with Crippen LogP contribution in [0, 0.1) is 41.5 Å². The number of amides is 6. The Balaban J connectivity index is -0.00000139. The Morgan fingerprint density at radius 2 is 0.587 bits per heavy atom. The highest BCUT2D eigenvalue weighted by Crippen LogP contribution is 2.36. The molecule has 0 saturated heterocycles. The standard InChI is InChI=1S/C41H62N6O17.5C2H6.CH4/c1-19-31(38(61)42-7-25(54)13-48)21(3)35(22(4)32(19)39(62)43-8-26(55)14-49)46(17-52)11-29(58)37(60)30(59)12-47(18-53)36-23(5)33(40(63)44-9-27(56)15-50)20(2)34(24(36)6)41(64)45-10-28(57)16-51;5*1-2;/h17-18,25-30,37,48-51,54-60H,7-16H2,1-6H3,(H,42,61)(H,43,62)(H,44,63)(H,45,64);5*1-2H3;1H4. The number of rotatable bonds is 26. The molecule has 2 aromatic rings. The smallest absolute Gasteiger partial charge is 0.252 e. The van der Waals surface area contributed by atoms with Crippen LogP contribution >= 0.6 is 0 Å². The molecular weight excluding hydrogens is 981 g/mol. The molecule has 0 aliphatic rings. The van der Waals surface area contributed by atoms with Crippen molar-refractivity contribution in [3.63, 3.8) is 0 Å². The SMILES string of the molecule is C.CC.CC.CC.CC.CC.Cc1c(C(=O)NCC(O)CO)c(C)c(N(C=O)CC(O)C(O)C(O)CN(C=O)c2c(C)c(C(=O)NCC(O)CO)c(C)c(C(=O)NCC(O)CO)c2C)c(C)c1C(=O)NCC(O)CO. The lowest BCUT2D eigenvalue weighted by Crippen LogP contribution is -2.49. The van der Waals surface area contributed by atoms with Crippen LogP contribution in [0.4, 0.5) is 11.4 Å². The fraction of sp³-hybridized carbons (Fsp3) is 0.654. The maximum absolute atomic E-state index is 13.5. The van der Waals surface area contributed by atoms with Crippen LogP contribution in [0.3, 0.4) is 0 Å². The second-order valence-corrected chi connectivity index (χ2v) is 15.3. The fourth-order valence-electron chi connectivity index (χ4n) is 7.34. The van der Waals surface area contributed by atoms with Crippen molar-refractivity contribution in [2.24, 2.45) is 0 Å². The second kappa shape index (κ2) is 43.0. The molecule has 0 aromatic heterocycles. The molecule has 6 unspecified atom stereocenters. The Kier molecular flexibility index (Phi) is 45.1. The monoisotopic (exact) mass is 1080 g/mol. The quantitative estimate of drug-likeness (QED) is 0.0565. The van der Waals surface area contributed by atoms with E-state index in [9.17, 15) is 84.9 Å². The number of hydrogen-bond donors (Lipinski definition) is 15. The average molecular weight is 1080 g/mol. The normalized spacial score (nSPS) is 12.8. The van der Waals surface area contributed by atoms with Crippen molar-refractivity contribution < 1.29 is 84.9 Å². The topological polar surface area (TPSA) is 380 Å². The van der Waals surface area contributed by atoms with Gasteiger partial charge in [-0.15, -0.1) is 0 Å². The zero-order chi connectivity index (χ0) is 58.7. The van der Waals surface area contributed by atoms with Crippen molar-refractivity contribution in [1.29, 1.82) is 0 Å². The maximum Gasteiger partial charge on any atom is 0.252 e. The van der Waals surface area contributed by atoms with E-state index in [4.69, 9.17) is 0 Å². The first-order chi connectivity index (χ1) is 35.1. The summed E-state index contributed by atoms with van der Waals surface area (Å²) in [5.41, 5.74) is -0.284. The van der Waals surface area contributed by atoms with Gasteiger partial charge in [0, 0.05) is 48.4 Å². The van der Waals surface area contributed by atoms with Crippen LogP contribution in [-0.4, -0.2) is 201 Å². The van der Waals surface area contributed by atoms with Gasteiger partial charge in [0.2, 0.25) is 12.8 Å². The molecule has 0 saturated carbocycles. The zero-order valence-corrected chi connectivity index (χ0v) is 46.5. The molecule has 2 aromatic carbocycles. The molecule has 75 heavy (non-hydrogen) atoms. The van der Waals surface area contributed by atoms with Gasteiger partial charge in [-0.1, -0.05) is 76.7 Å². The van der Waals surface area contributed by atoms with Crippen LogP contribution in [0.5, 0.6) is 0 Å². The van der Waals surface area contributed by atoms with Crippen molar-refractivity contribution in [3.8, 4) is 0 Å². The lowest BCUT2D eigenvalue weighted by Gasteiger charge is -2.33. The third-order valence-corrected chi connectivity index (χ3v) is 10.5. The minimum absolute atomic E-state index is 0. The number of aliphatic hydroxyl groups is 11. The van der Waals surface area contributed by atoms with Gasteiger partial charge in [0.05, 0.1) is 75.3 Å². The van der Waals surface area contributed by atoms with E-state index in [0.29, 0.717) is 0 Å². The Morgan fingerprint density at radius 1 is 0.400 bits per heavy atom. The lowest BCUT2D eigenvalue weighted by atomic mass is 9.89. The van der Waals surface area contributed by atoms with Gasteiger partial charge in [-0.2, -0.15) is 0 Å².